The maximum absolute atomic E-state index is 10.9. The molecule has 70 valence electrons. The third-order valence-corrected chi connectivity index (χ3v) is 2.28. The minimum absolute atomic E-state index is 0.168. The standard InChI is InChI=1S/C8H17N3O/c1-2-11(8(9)12)7-5-3-4-6-10-7/h7,10H,2-6H2,1H3,(H2,9,12). The molecule has 1 unspecified atom stereocenters. The number of carbonyl (C=O) groups excluding carboxylic acids is 1. The minimum atomic E-state index is -0.322. The van der Waals surface area contributed by atoms with Crippen LogP contribution < -0.4 is 11.1 Å². The molecule has 3 N–H and O–H groups in total. The summed E-state index contributed by atoms with van der Waals surface area (Å²) in [7, 11) is 0. The van der Waals surface area contributed by atoms with Crippen molar-refractivity contribution in [3.63, 3.8) is 0 Å². The molecule has 0 aromatic heterocycles. The van der Waals surface area contributed by atoms with Gasteiger partial charge in [-0.2, -0.15) is 0 Å². The van der Waals surface area contributed by atoms with Gasteiger partial charge < -0.3 is 10.6 Å². The molecule has 1 aliphatic heterocycles. The highest BCUT2D eigenvalue weighted by Crippen LogP contribution is 2.10. The average molecular weight is 171 g/mol. The van der Waals surface area contributed by atoms with E-state index in [1.165, 1.54) is 12.8 Å². The smallest absolute Gasteiger partial charge is 0.316 e. The van der Waals surface area contributed by atoms with E-state index in [2.05, 4.69) is 5.32 Å². The average Bonchev–Trinajstić information content (AvgIpc) is 2.07. The quantitative estimate of drug-likeness (QED) is 0.635. The van der Waals surface area contributed by atoms with Gasteiger partial charge in [0.15, 0.2) is 0 Å². The van der Waals surface area contributed by atoms with Crippen molar-refractivity contribution in [1.82, 2.24) is 10.2 Å². The summed E-state index contributed by atoms with van der Waals surface area (Å²) < 4.78 is 0. The normalized spacial score (nSPS) is 23.6. The molecular weight excluding hydrogens is 154 g/mol. The summed E-state index contributed by atoms with van der Waals surface area (Å²) in [5.74, 6) is 0. The lowest BCUT2D eigenvalue weighted by Gasteiger charge is -2.32. The highest BCUT2D eigenvalue weighted by molar-refractivity contribution is 5.72. The first-order valence-corrected chi connectivity index (χ1v) is 4.55. The van der Waals surface area contributed by atoms with Gasteiger partial charge in [0.25, 0.3) is 0 Å². The predicted molar refractivity (Wildman–Crippen MR) is 47.6 cm³/mol. The van der Waals surface area contributed by atoms with Gasteiger partial charge in [-0.3, -0.25) is 5.32 Å². The fourth-order valence-corrected chi connectivity index (χ4v) is 1.63. The molecule has 4 heteroatoms. The van der Waals surface area contributed by atoms with E-state index in [4.69, 9.17) is 5.73 Å². The second kappa shape index (κ2) is 4.30. The SMILES string of the molecule is CCN(C(N)=O)C1CCCCN1. The van der Waals surface area contributed by atoms with E-state index in [0.29, 0.717) is 6.54 Å². The highest BCUT2D eigenvalue weighted by atomic mass is 16.2. The lowest BCUT2D eigenvalue weighted by atomic mass is 10.1. The first-order valence-electron chi connectivity index (χ1n) is 4.55. The Labute approximate surface area is 73.1 Å². The molecule has 0 aliphatic carbocycles. The van der Waals surface area contributed by atoms with E-state index >= 15 is 0 Å². The van der Waals surface area contributed by atoms with Gasteiger partial charge >= 0.3 is 6.03 Å². The Morgan fingerprint density at radius 2 is 2.42 bits per heavy atom. The molecule has 1 rings (SSSR count). The number of amides is 2. The van der Waals surface area contributed by atoms with E-state index in [-0.39, 0.29) is 12.2 Å². The van der Waals surface area contributed by atoms with Crippen LogP contribution in [0.25, 0.3) is 0 Å². The fraction of sp³-hybridized carbons (Fsp3) is 0.875. The summed E-state index contributed by atoms with van der Waals surface area (Å²) in [5, 5.41) is 3.28. The summed E-state index contributed by atoms with van der Waals surface area (Å²) in [6, 6.07) is -0.322. The van der Waals surface area contributed by atoms with Crippen LogP contribution in [-0.4, -0.2) is 30.2 Å². The molecule has 0 aromatic carbocycles. The molecule has 12 heavy (non-hydrogen) atoms. The highest BCUT2D eigenvalue weighted by Gasteiger charge is 2.21. The molecule has 1 heterocycles. The predicted octanol–water partition coefficient (Wildman–Crippen LogP) is 0.487. The van der Waals surface area contributed by atoms with Crippen molar-refractivity contribution in [2.75, 3.05) is 13.1 Å². The van der Waals surface area contributed by atoms with E-state index in [1.54, 1.807) is 4.90 Å². The number of piperidine rings is 1. The molecule has 0 spiro atoms. The van der Waals surface area contributed by atoms with Gasteiger partial charge in [0.05, 0.1) is 6.17 Å². The summed E-state index contributed by atoms with van der Waals surface area (Å²) in [6.07, 6.45) is 3.58. The minimum Gasteiger partial charge on any atom is -0.351 e. The number of hydrogen-bond donors (Lipinski definition) is 2. The lowest BCUT2D eigenvalue weighted by molar-refractivity contribution is 0.157. The topological polar surface area (TPSA) is 58.4 Å². The van der Waals surface area contributed by atoms with Gasteiger partial charge in [-0.1, -0.05) is 0 Å². The maximum atomic E-state index is 10.9. The molecule has 1 saturated heterocycles. The zero-order valence-electron chi connectivity index (χ0n) is 7.55. The van der Waals surface area contributed by atoms with Crippen LogP contribution in [0, 0.1) is 0 Å². The Hall–Kier alpha value is -0.770. The zero-order valence-corrected chi connectivity index (χ0v) is 7.55. The van der Waals surface area contributed by atoms with E-state index < -0.39 is 0 Å². The molecular formula is C8H17N3O. The Kier molecular flexibility index (Phi) is 3.34. The molecule has 1 atom stereocenters. The fourth-order valence-electron chi connectivity index (χ4n) is 1.63. The van der Waals surface area contributed by atoms with Gasteiger partial charge in [-0.05, 0) is 32.7 Å². The third-order valence-electron chi connectivity index (χ3n) is 2.28. The van der Waals surface area contributed by atoms with Crippen LogP contribution in [0.2, 0.25) is 0 Å². The number of nitrogens with two attached hydrogens (primary N) is 1. The number of nitrogens with zero attached hydrogens (tertiary/aromatic N) is 1. The monoisotopic (exact) mass is 171 g/mol. The number of carbonyl (C=O) groups is 1. The van der Waals surface area contributed by atoms with Crippen molar-refractivity contribution < 1.29 is 4.79 Å². The van der Waals surface area contributed by atoms with Crippen LogP contribution in [0.3, 0.4) is 0 Å². The Balaban J connectivity index is 2.46. The van der Waals surface area contributed by atoms with Gasteiger partial charge in [-0.15, -0.1) is 0 Å². The number of urea groups is 1. The Bertz CT molecular complexity index is 154. The summed E-state index contributed by atoms with van der Waals surface area (Å²) >= 11 is 0. The first kappa shape index (κ1) is 9.32. The number of nitrogens with one attached hydrogen (secondary N) is 1. The van der Waals surface area contributed by atoms with Gasteiger partial charge in [0.1, 0.15) is 0 Å². The van der Waals surface area contributed by atoms with Gasteiger partial charge in [0.2, 0.25) is 0 Å². The van der Waals surface area contributed by atoms with Gasteiger partial charge in [-0.25, -0.2) is 4.79 Å². The summed E-state index contributed by atoms with van der Waals surface area (Å²) in [6.45, 7) is 3.63. The molecule has 2 amide bonds. The number of hydrogen-bond acceptors (Lipinski definition) is 2. The second-order valence-corrected chi connectivity index (χ2v) is 3.09. The van der Waals surface area contributed by atoms with Crippen LogP contribution in [0.1, 0.15) is 26.2 Å². The van der Waals surface area contributed by atoms with Gasteiger partial charge in [0, 0.05) is 6.54 Å². The summed E-state index contributed by atoms with van der Waals surface area (Å²) in [5.41, 5.74) is 5.23. The van der Waals surface area contributed by atoms with E-state index in [0.717, 1.165) is 13.0 Å². The maximum Gasteiger partial charge on any atom is 0.316 e. The largest absolute Gasteiger partial charge is 0.351 e. The van der Waals surface area contributed by atoms with E-state index in [9.17, 15) is 4.79 Å². The molecule has 0 saturated carbocycles. The van der Waals surface area contributed by atoms with Crippen molar-refractivity contribution in [3.05, 3.63) is 0 Å². The third kappa shape index (κ3) is 2.11. The molecule has 0 aromatic rings. The van der Waals surface area contributed by atoms with Crippen LogP contribution in [0.5, 0.6) is 0 Å². The molecule has 1 aliphatic rings. The zero-order chi connectivity index (χ0) is 8.97. The van der Waals surface area contributed by atoms with E-state index in [1.807, 2.05) is 6.92 Å². The first-order chi connectivity index (χ1) is 5.75. The second-order valence-electron chi connectivity index (χ2n) is 3.09. The molecule has 0 radical (unpaired) electrons. The Morgan fingerprint density at radius 3 is 2.83 bits per heavy atom. The van der Waals surface area contributed by atoms with Crippen LogP contribution in [0.4, 0.5) is 4.79 Å². The number of rotatable bonds is 2. The van der Waals surface area contributed by atoms with Crippen molar-refractivity contribution in [3.8, 4) is 0 Å². The van der Waals surface area contributed by atoms with Crippen molar-refractivity contribution in [2.45, 2.75) is 32.4 Å². The van der Waals surface area contributed by atoms with Crippen LogP contribution >= 0.6 is 0 Å². The van der Waals surface area contributed by atoms with Crippen LogP contribution in [-0.2, 0) is 0 Å². The van der Waals surface area contributed by atoms with Crippen molar-refractivity contribution >= 4 is 6.03 Å². The Morgan fingerprint density at radius 1 is 1.67 bits per heavy atom. The number of primary amides is 1. The molecule has 0 bridgehead atoms. The summed E-state index contributed by atoms with van der Waals surface area (Å²) in [4.78, 5) is 12.6. The molecule has 1 fully saturated rings. The van der Waals surface area contributed by atoms with Crippen molar-refractivity contribution in [1.29, 1.82) is 0 Å². The van der Waals surface area contributed by atoms with Crippen molar-refractivity contribution in [2.24, 2.45) is 5.73 Å². The lowest BCUT2D eigenvalue weighted by Crippen LogP contribution is -2.52. The molecule has 4 nitrogen and oxygen atoms in total. The van der Waals surface area contributed by atoms with Crippen LogP contribution in [0.15, 0.2) is 0 Å².